The summed E-state index contributed by atoms with van der Waals surface area (Å²) in [7, 11) is -0.715. The first-order chi connectivity index (χ1) is 4.56. The van der Waals surface area contributed by atoms with Gasteiger partial charge in [0.15, 0.2) is 7.37 Å². The van der Waals surface area contributed by atoms with E-state index in [1.807, 2.05) is 20.0 Å². The summed E-state index contributed by atoms with van der Waals surface area (Å²) in [6, 6.07) is 0. The summed E-state index contributed by atoms with van der Waals surface area (Å²) in [6.45, 7) is 1.40. The first-order valence-electron chi connectivity index (χ1n) is 3.50. The standard InChI is InChI=1S/C6H14BO2P/c1-10(8,9)6-4-2-3-5-7/h2-3H,4-7H2,1H3,(H,8,9)/b3-2+. The highest BCUT2D eigenvalue weighted by molar-refractivity contribution is 7.57. The van der Waals surface area contributed by atoms with Crippen LogP contribution in [-0.4, -0.2) is 25.6 Å². The van der Waals surface area contributed by atoms with Crippen molar-refractivity contribution in [3.8, 4) is 0 Å². The molecule has 4 heteroatoms. The first-order valence-corrected chi connectivity index (χ1v) is 5.79. The largest absolute Gasteiger partial charge is 0.344 e. The minimum atomic E-state index is -2.76. The molecule has 0 amide bonds. The minimum Gasteiger partial charge on any atom is -0.344 e. The molecule has 1 unspecified atom stereocenters. The maximum atomic E-state index is 10.7. The molecule has 2 nitrogen and oxygen atoms in total. The predicted octanol–water partition coefficient (Wildman–Crippen LogP) is 0.884. The normalized spacial score (nSPS) is 17.4. The van der Waals surface area contributed by atoms with Crippen molar-refractivity contribution in [1.29, 1.82) is 0 Å². The SMILES string of the molecule is BC/C=C/CCP(C)(=O)O. The highest BCUT2D eigenvalue weighted by Crippen LogP contribution is 2.35. The first kappa shape index (κ1) is 9.99. The van der Waals surface area contributed by atoms with Crippen LogP contribution < -0.4 is 0 Å². The van der Waals surface area contributed by atoms with Gasteiger partial charge in [-0.1, -0.05) is 18.5 Å². The average molecular weight is 160 g/mol. The molecule has 0 aliphatic rings. The Morgan fingerprint density at radius 1 is 1.60 bits per heavy atom. The molecule has 0 aromatic rings. The maximum Gasteiger partial charge on any atom is 0.197 e. The van der Waals surface area contributed by atoms with Gasteiger partial charge in [0.2, 0.25) is 0 Å². The van der Waals surface area contributed by atoms with Crippen molar-refractivity contribution in [2.24, 2.45) is 0 Å². The summed E-state index contributed by atoms with van der Waals surface area (Å²) in [5.41, 5.74) is 0. The third kappa shape index (κ3) is 7.99. The molecule has 1 atom stereocenters. The fourth-order valence-corrected chi connectivity index (χ4v) is 1.23. The quantitative estimate of drug-likeness (QED) is 0.376. The summed E-state index contributed by atoms with van der Waals surface area (Å²) in [5, 5.41) is 0. The van der Waals surface area contributed by atoms with E-state index >= 15 is 0 Å². The Kier molecular flexibility index (Phi) is 4.75. The molecule has 0 aromatic heterocycles. The molecule has 0 aromatic carbocycles. The summed E-state index contributed by atoms with van der Waals surface area (Å²) >= 11 is 0. The van der Waals surface area contributed by atoms with Crippen molar-refractivity contribution >= 4 is 15.2 Å². The molecular weight excluding hydrogens is 146 g/mol. The zero-order valence-electron chi connectivity index (χ0n) is 6.58. The average Bonchev–Trinajstić information content (AvgIpc) is 1.78. The molecule has 10 heavy (non-hydrogen) atoms. The number of hydrogen-bond donors (Lipinski definition) is 1. The van der Waals surface area contributed by atoms with Crippen molar-refractivity contribution in [1.82, 2.24) is 0 Å². The van der Waals surface area contributed by atoms with Gasteiger partial charge < -0.3 is 4.89 Å². The Morgan fingerprint density at radius 3 is 2.60 bits per heavy atom. The van der Waals surface area contributed by atoms with Crippen LogP contribution >= 0.6 is 7.37 Å². The van der Waals surface area contributed by atoms with Gasteiger partial charge in [-0.25, -0.2) is 0 Å². The molecule has 1 N–H and O–H groups in total. The van der Waals surface area contributed by atoms with Crippen LogP contribution in [0.5, 0.6) is 0 Å². The van der Waals surface area contributed by atoms with Crippen molar-refractivity contribution in [2.75, 3.05) is 12.8 Å². The van der Waals surface area contributed by atoms with Crippen LogP contribution in [0.15, 0.2) is 12.2 Å². The maximum absolute atomic E-state index is 10.7. The smallest absolute Gasteiger partial charge is 0.197 e. The van der Waals surface area contributed by atoms with Crippen LogP contribution in [0, 0.1) is 0 Å². The van der Waals surface area contributed by atoms with Crippen LogP contribution in [-0.2, 0) is 4.57 Å². The third-order valence-electron chi connectivity index (χ3n) is 1.11. The van der Waals surface area contributed by atoms with Crippen LogP contribution in [0.2, 0.25) is 6.32 Å². The van der Waals surface area contributed by atoms with Crippen molar-refractivity contribution in [2.45, 2.75) is 12.7 Å². The van der Waals surface area contributed by atoms with Gasteiger partial charge in [-0.05, 0) is 6.42 Å². The zero-order chi connectivity index (χ0) is 8.04. The van der Waals surface area contributed by atoms with E-state index in [1.54, 1.807) is 0 Å². The Morgan fingerprint density at radius 2 is 2.20 bits per heavy atom. The fraction of sp³-hybridized carbons (Fsp3) is 0.667. The molecule has 0 spiro atoms. The molecule has 58 valence electrons. The molecule has 0 heterocycles. The van der Waals surface area contributed by atoms with E-state index in [1.165, 1.54) is 6.66 Å². The lowest BCUT2D eigenvalue weighted by Gasteiger charge is -1.99. The highest BCUT2D eigenvalue weighted by Gasteiger charge is 2.05. The molecule has 0 fully saturated rings. The Hall–Kier alpha value is -0.00506. The second-order valence-corrected chi connectivity index (χ2v) is 4.99. The molecule has 0 bridgehead atoms. The van der Waals surface area contributed by atoms with E-state index in [0.717, 1.165) is 12.7 Å². The van der Waals surface area contributed by atoms with Gasteiger partial charge in [-0.3, -0.25) is 4.57 Å². The van der Waals surface area contributed by atoms with Gasteiger partial charge in [-0.15, -0.1) is 0 Å². The van der Waals surface area contributed by atoms with Crippen LogP contribution in [0.3, 0.4) is 0 Å². The second-order valence-electron chi connectivity index (χ2n) is 2.44. The minimum absolute atomic E-state index is 0.406. The molecule has 0 aliphatic carbocycles. The summed E-state index contributed by atoms with van der Waals surface area (Å²) < 4.78 is 10.7. The van der Waals surface area contributed by atoms with Gasteiger partial charge in [-0.2, -0.15) is 0 Å². The summed E-state index contributed by atoms with van der Waals surface area (Å²) in [5.74, 6) is 0. The molecule has 0 aliphatic heterocycles. The van der Waals surface area contributed by atoms with Crippen LogP contribution in [0.1, 0.15) is 6.42 Å². The van der Waals surface area contributed by atoms with E-state index < -0.39 is 7.37 Å². The summed E-state index contributed by atoms with van der Waals surface area (Å²) in [6.07, 6.45) is 6.09. The van der Waals surface area contributed by atoms with Crippen molar-refractivity contribution in [3.05, 3.63) is 12.2 Å². The van der Waals surface area contributed by atoms with Crippen LogP contribution in [0.4, 0.5) is 0 Å². The molecule has 0 radical (unpaired) electrons. The lowest BCUT2D eigenvalue weighted by atomic mass is 10.1. The van der Waals surface area contributed by atoms with E-state index in [0.29, 0.717) is 6.16 Å². The van der Waals surface area contributed by atoms with Gasteiger partial charge in [0.25, 0.3) is 0 Å². The van der Waals surface area contributed by atoms with Gasteiger partial charge >= 0.3 is 0 Å². The summed E-state index contributed by atoms with van der Waals surface area (Å²) in [4.78, 5) is 8.84. The van der Waals surface area contributed by atoms with Gasteiger partial charge in [0, 0.05) is 12.8 Å². The Labute approximate surface area is 63.2 Å². The molecule has 0 rings (SSSR count). The number of hydrogen-bond acceptors (Lipinski definition) is 1. The third-order valence-corrected chi connectivity index (χ3v) is 2.20. The van der Waals surface area contributed by atoms with Gasteiger partial charge in [0.1, 0.15) is 7.85 Å². The predicted molar refractivity (Wildman–Crippen MR) is 47.7 cm³/mol. The van der Waals surface area contributed by atoms with Gasteiger partial charge in [0.05, 0.1) is 0 Å². The van der Waals surface area contributed by atoms with Crippen LogP contribution in [0.25, 0.3) is 0 Å². The zero-order valence-corrected chi connectivity index (χ0v) is 7.47. The highest BCUT2D eigenvalue weighted by atomic mass is 31.2. The molecular formula is C6H14BO2P. The van der Waals surface area contributed by atoms with E-state index in [2.05, 4.69) is 0 Å². The Balaban J connectivity index is 3.38. The fourth-order valence-electron chi connectivity index (χ4n) is 0.599. The van der Waals surface area contributed by atoms with E-state index in [9.17, 15) is 4.57 Å². The number of allylic oxidation sites excluding steroid dienone is 2. The van der Waals surface area contributed by atoms with E-state index in [4.69, 9.17) is 4.89 Å². The lowest BCUT2D eigenvalue weighted by molar-refractivity contribution is 0.485. The monoisotopic (exact) mass is 160 g/mol. The Bertz CT molecular complexity index is 150. The topological polar surface area (TPSA) is 37.3 Å². The second kappa shape index (κ2) is 4.76. The van der Waals surface area contributed by atoms with E-state index in [-0.39, 0.29) is 0 Å². The van der Waals surface area contributed by atoms with Crippen molar-refractivity contribution < 1.29 is 9.46 Å². The number of rotatable bonds is 4. The van der Waals surface area contributed by atoms with Crippen molar-refractivity contribution in [3.63, 3.8) is 0 Å². The molecule has 0 saturated heterocycles. The lowest BCUT2D eigenvalue weighted by Crippen LogP contribution is -1.83. The molecule has 0 saturated carbocycles.